The molecule has 1 aromatic carbocycles. The van der Waals surface area contributed by atoms with E-state index in [4.69, 9.17) is 20.7 Å². The SMILES string of the molecule is C=CCOc1ccc(/C(N=C[C@@H]2CCCN2C(=N)N)=N/OC)cc1C(F)(F)F. The topological polar surface area (TPSA) is 96.3 Å². The van der Waals surface area contributed by atoms with E-state index in [0.29, 0.717) is 6.54 Å². The maximum absolute atomic E-state index is 13.4. The van der Waals surface area contributed by atoms with Gasteiger partial charge in [-0.1, -0.05) is 17.8 Å². The predicted octanol–water partition coefficient (Wildman–Crippen LogP) is 3.01. The lowest BCUT2D eigenvalue weighted by atomic mass is 10.1. The van der Waals surface area contributed by atoms with Gasteiger partial charge < -0.3 is 20.2 Å². The highest BCUT2D eigenvalue weighted by molar-refractivity contribution is 6.03. The van der Waals surface area contributed by atoms with Crippen LogP contribution in [-0.2, 0) is 11.0 Å². The van der Waals surface area contributed by atoms with Crippen LogP contribution in [0.4, 0.5) is 13.2 Å². The summed E-state index contributed by atoms with van der Waals surface area (Å²) in [7, 11) is 1.28. The molecule has 152 valence electrons. The number of guanidine groups is 1. The number of nitrogens with zero attached hydrogens (tertiary/aromatic N) is 3. The average molecular weight is 397 g/mol. The zero-order chi connectivity index (χ0) is 20.7. The molecule has 10 heteroatoms. The molecule has 1 aliphatic heterocycles. The zero-order valence-corrected chi connectivity index (χ0v) is 15.4. The normalized spacial score (nSPS) is 17.8. The number of aliphatic imine (C=N–C) groups is 1. The number of hydrogen-bond acceptors (Lipinski definition) is 4. The van der Waals surface area contributed by atoms with Gasteiger partial charge in [0.2, 0.25) is 0 Å². The molecule has 3 N–H and O–H groups in total. The Morgan fingerprint density at radius 3 is 2.82 bits per heavy atom. The summed E-state index contributed by atoms with van der Waals surface area (Å²) in [5.41, 5.74) is 4.70. The van der Waals surface area contributed by atoms with Crippen molar-refractivity contribution in [2.45, 2.75) is 25.1 Å². The highest BCUT2D eigenvalue weighted by Gasteiger charge is 2.35. The quantitative estimate of drug-likeness (QED) is 0.334. The molecule has 0 aromatic heterocycles. The molecule has 1 atom stereocenters. The first kappa shape index (κ1) is 21.3. The lowest BCUT2D eigenvalue weighted by molar-refractivity contribution is -0.138. The summed E-state index contributed by atoms with van der Waals surface area (Å²) in [5, 5.41) is 11.3. The van der Waals surface area contributed by atoms with Crippen LogP contribution in [0, 0.1) is 5.41 Å². The fraction of sp³-hybridized carbons (Fsp3) is 0.389. The lowest BCUT2D eigenvalue weighted by Gasteiger charge is -2.21. The van der Waals surface area contributed by atoms with Gasteiger partial charge in [-0.15, -0.1) is 0 Å². The smallest absolute Gasteiger partial charge is 0.419 e. The highest BCUT2D eigenvalue weighted by atomic mass is 19.4. The summed E-state index contributed by atoms with van der Waals surface area (Å²) in [6, 6.07) is 3.31. The molecule has 28 heavy (non-hydrogen) atoms. The Balaban J connectivity index is 2.35. The van der Waals surface area contributed by atoms with E-state index < -0.39 is 11.7 Å². The van der Waals surface area contributed by atoms with Crippen molar-refractivity contribution in [3.8, 4) is 5.75 Å². The minimum atomic E-state index is -4.62. The van der Waals surface area contributed by atoms with E-state index in [0.717, 1.165) is 18.9 Å². The van der Waals surface area contributed by atoms with Crippen LogP contribution in [0.5, 0.6) is 5.75 Å². The second-order valence-electron chi connectivity index (χ2n) is 5.97. The van der Waals surface area contributed by atoms with Gasteiger partial charge in [0.25, 0.3) is 0 Å². The maximum Gasteiger partial charge on any atom is 0.419 e. The van der Waals surface area contributed by atoms with Crippen molar-refractivity contribution < 1.29 is 22.7 Å². The van der Waals surface area contributed by atoms with Gasteiger partial charge >= 0.3 is 6.18 Å². The summed E-state index contributed by atoms with van der Waals surface area (Å²) < 4.78 is 45.3. The first-order valence-electron chi connectivity index (χ1n) is 8.49. The zero-order valence-electron chi connectivity index (χ0n) is 15.4. The van der Waals surface area contributed by atoms with Crippen molar-refractivity contribution in [3.05, 3.63) is 42.0 Å². The number of halogens is 3. The predicted molar refractivity (Wildman–Crippen MR) is 101 cm³/mol. The van der Waals surface area contributed by atoms with Crippen LogP contribution in [0.15, 0.2) is 41.0 Å². The number of benzene rings is 1. The summed E-state index contributed by atoms with van der Waals surface area (Å²) in [5.74, 6) is -0.420. The van der Waals surface area contributed by atoms with Gasteiger partial charge in [-0.3, -0.25) is 5.41 Å². The lowest BCUT2D eigenvalue weighted by Crippen LogP contribution is -2.40. The van der Waals surface area contributed by atoms with E-state index >= 15 is 0 Å². The van der Waals surface area contributed by atoms with Crippen molar-refractivity contribution in [2.24, 2.45) is 15.9 Å². The molecule has 2 rings (SSSR count). The number of nitrogens with one attached hydrogen (secondary N) is 1. The fourth-order valence-electron chi connectivity index (χ4n) is 2.81. The molecule has 0 bridgehead atoms. The third-order valence-electron chi connectivity index (χ3n) is 4.06. The molecule has 0 spiro atoms. The number of likely N-dealkylation sites (tertiary alicyclic amines) is 1. The van der Waals surface area contributed by atoms with Crippen molar-refractivity contribution in [1.82, 2.24) is 4.90 Å². The number of alkyl halides is 3. The fourth-order valence-corrected chi connectivity index (χ4v) is 2.81. The third kappa shape index (κ3) is 5.24. The van der Waals surface area contributed by atoms with Crippen LogP contribution in [0.25, 0.3) is 0 Å². The van der Waals surface area contributed by atoms with E-state index in [2.05, 4.69) is 16.7 Å². The molecule has 0 amide bonds. The van der Waals surface area contributed by atoms with Gasteiger partial charge in [-0.25, -0.2) is 4.99 Å². The Labute approximate surface area is 160 Å². The van der Waals surface area contributed by atoms with Crippen molar-refractivity contribution in [2.75, 3.05) is 20.3 Å². The van der Waals surface area contributed by atoms with Gasteiger partial charge in [0.05, 0.1) is 11.6 Å². The van der Waals surface area contributed by atoms with Crippen LogP contribution in [0.3, 0.4) is 0 Å². The molecule has 1 aromatic rings. The number of amidine groups is 1. The van der Waals surface area contributed by atoms with Crippen molar-refractivity contribution >= 4 is 18.0 Å². The Morgan fingerprint density at radius 1 is 1.46 bits per heavy atom. The minimum Gasteiger partial charge on any atom is -0.489 e. The molecule has 1 aliphatic rings. The molecule has 0 radical (unpaired) electrons. The number of oxime groups is 1. The minimum absolute atomic E-state index is 0.0290. The standard InChI is InChI=1S/C18H22F3N5O2/c1-3-9-28-15-7-6-12(10-14(15)18(19,20)21)16(25-27-2)24-11-13-5-4-8-26(13)17(22)23/h3,6-7,10-11,13H,1,4-5,8-9H2,2H3,(H3,22,23)/b24-11?,25-16-/t13-/m0/s1. The molecule has 0 aliphatic carbocycles. The Hall–Kier alpha value is -3.04. The second-order valence-corrected chi connectivity index (χ2v) is 5.97. The molecular formula is C18H22F3N5O2. The number of nitrogens with two attached hydrogens (primary N) is 1. The third-order valence-corrected chi connectivity index (χ3v) is 4.06. The maximum atomic E-state index is 13.4. The van der Waals surface area contributed by atoms with E-state index in [1.807, 2.05) is 0 Å². The van der Waals surface area contributed by atoms with Gasteiger partial charge in [-0.05, 0) is 31.0 Å². The molecular weight excluding hydrogens is 375 g/mol. The van der Waals surface area contributed by atoms with E-state index in [9.17, 15) is 13.2 Å². The molecule has 7 nitrogen and oxygen atoms in total. The van der Waals surface area contributed by atoms with Crippen LogP contribution >= 0.6 is 0 Å². The number of rotatable bonds is 6. The van der Waals surface area contributed by atoms with Crippen molar-refractivity contribution in [1.29, 1.82) is 5.41 Å². The van der Waals surface area contributed by atoms with E-state index in [1.54, 1.807) is 4.90 Å². The molecule has 0 unspecified atom stereocenters. The van der Waals surface area contributed by atoms with Crippen LogP contribution in [-0.4, -0.2) is 49.2 Å². The second kappa shape index (κ2) is 9.25. The summed E-state index contributed by atoms with van der Waals surface area (Å²) in [4.78, 5) is 10.6. The number of ether oxygens (including phenoxy) is 1. The van der Waals surface area contributed by atoms with Crippen LogP contribution in [0.2, 0.25) is 0 Å². The molecule has 1 fully saturated rings. The molecule has 1 saturated heterocycles. The highest BCUT2D eigenvalue weighted by Crippen LogP contribution is 2.37. The van der Waals surface area contributed by atoms with E-state index in [1.165, 1.54) is 31.5 Å². The monoisotopic (exact) mass is 397 g/mol. The van der Waals surface area contributed by atoms with Crippen LogP contribution in [0.1, 0.15) is 24.0 Å². The van der Waals surface area contributed by atoms with Gasteiger partial charge in [-0.2, -0.15) is 13.2 Å². The molecule has 0 saturated carbocycles. The Morgan fingerprint density at radius 2 is 2.21 bits per heavy atom. The number of hydrogen-bond donors (Lipinski definition) is 2. The largest absolute Gasteiger partial charge is 0.489 e. The van der Waals surface area contributed by atoms with Crippen LogP contribution < -0.4 is 10.5 Å². The summed E-state index contributed by atoms with van der Waals surface area (Å²) >= 11 is 0. The first-order valence-corrected chi connectivity index (χ1v) is 8.49. The summed E-state index contributed by atoms with van der Waals surface area (Å²) in [6.07, 6.45) is -0.183. The first-order chi connectivity index (χ1) is 13.3. The van der Waals surface area contributed by atoms with Gasteiger partial charge in [0.1, 0.15) is 19.5 Å². The summed E-state index contributed by atoms with van der Waals surface area (Å²) in [6.45, 7) is 4.00. The average Bonchev–Trinajstić information content (AvgIpc) is 3.11. The van der Waals surface area contributed by atoms with E-state index in [-0.39, 0.29) is 35.8 Å². The molecule has 1 heterocycles. The van der Waals surface area contributed by atoms with Crippen molar-refractivity contribution in [3.63, 3.8) is 0 Å². The van der Waals surface area contributed by atoms with Gasteiger partial charge in [0.15, 0.2) is 11.8 Å². The Bertz CT molecular complexity index is 777. The Kier molecular flexibility index (Phi) is 7.02. The van der Waals surface area contributed by atoms with Gasteiger partial charge in [0, 0.05) is 18.3 Å².